The van der Waals surface area contributed by atoms with Crippen LogP contribution in [-0.4, -0.2) is 0 Å². The van der Waals surface area contributed by atoms with Gasteiger partial charge in [0.2, 0.25) is 0 Å². The van der Waals surface area contributed by atoms with Crippen molar-refractivity contribution in [1.82, 2.24) is 0 Å². The van der Waals surface area contributed by atoms with Crippen molar-refractivity contribution in [3.63, 3.8) is 0 Å². The molecule has 43 valence electrons. The Morgan fingerprint density at radius 3 is 2.25 bits per heavy atom. The summed E-state index contributed by atoms with van der Waals surface area (Å²) in [5.41, 5.74) is 1.34. The summed E-state index contributed by atoms with van der Waals surface area (Å²) in [6.45, 7) is 2.10. The van der Waals surface area contributed by atoms with Crippen LogP contribution < -0.4 is 4.16 Å². The van der Waals surface area contributed by atoms with Gasteiger partial charge in [-0.1, -0.05) is 0 Å². The average Bonchev–Trinajstić information content (AvgIpc) is 1.77. The van der Waals surface area contributed by atoms with Gasteiger partial charge in [0.25, 0.3) is 0 Å². The Morgan fingerprint density at radius 1 is 1.25 bits per heavy atom. The van der Waals surface area contributed by atoms with Crippen LogP contribution >= 0.6 is 0 Å². The minimum absolute atomic E-state index is 1.30. The zero-order valence-electron chi connectivity index (χ0n) is 4.66. The maximum atomic E-state index is 2.60. The molecule has 0 aliphatic rings. The van der Waals surface area contributed by atoms with Gasteiger partial charge in [-0.15, -0.1) is 0 Å². The molecule has 0 bridgehead atoms. The van der Waals surface area contributed by atoms with E-state index in [4.69, 9.17) is 0 Å². The standard InChI is InChI=1S/C7H7.Ru/c1-7-5-3-2-4-6-7;/h2-5H,1H3;. The van der Waals surface area contributed by atoms with E-state index in [1.165, 1.54) is 9.72 Å². The summed E-state index contributed by atoms with van der Waals surface area (Å²) in [6.07, 6.45) is 0. The quantitative estimate of drug-likeness (QED) is 0.541. The molecule has 0 amide bonds. The number of hydrogen-bond acceptors (Lipinski definition) is 0. The van der Waals surface area contributed by atoms with Crippen LogP contribution in [0.2, 0.25) is 0 Å². The molecule has 0 fully saturated rings. The van der Waals surface area contributed by atoms with E-state index in [9.17, 15) is 0 Å². The van der Waals surface area contributed by atoms with Crippen LogP contribution in [0, 0.1) is 6.92 Å². The normalized spacial score (nSPS) is 9.25. The molecule has 0 spiro atoms. The molecule has 0 aliphatic carbocycles. The van der Waals surface area contributed by atoms with E-state index in [0.29, 0.717) is 0 Å². The molecular formula is C7H7Ru. The van der Waals surface area contributed by atoms with Crippen molar-refractivity contribution in [2.75, 3.05) is 0 Å². The summed E-state index contributed by atoms with van der Waals surface area (Å²) < 4.78 is 1.30. The Kier molecular flexibility index (Phi) is 1.80. The van der Waals surface area contributed by atoms with E-state index in [1.807, 2.05) is 12.1 Å². The minimum atomic E-state index is 1.30. The third-order valence-electron chi connectivity index (χ3n) is 1.06. The summed E-state index contributed by atoms with van der Waals surface area (Å²) in [5, 5.41) is 0. The van der Waals surface area contributed by atoms with Crippen molar-refractivity contribution >= 4 is 4.16 Å². The van der Waals surface area contributed by atoms with E-state index >= 15 is 0 Å². The Morgan fingerprint density at radius 2 is 1.88 bits per heavy atom. The number of rotatable bonds is 0. The molecule has 0 aromatic heterocycles. The molecule has 0 heterocycles. The van der Waals surface area contributed by atoms with Gasteiger partial charge in [-0.3, -0.25) is 0 Å². The summed E-state index contributed by atoms with van der Waals surface area (Å²) in [7, 11) is 0. The zero-order valence-corrected chi connectivity index (χ0v) is 6.40. The molecule has 1 aromatic rings. The first kappa shape index (κ1) is 5.97. The van der Waals surface area contributed by atoms with E-state index in [-0.39, 0.29) is 0 Å². The van der Waals surface area contributed by atoms with Gasteiger partial charge >= 0.3 is 59.2 Å². The molecule has 0 saturated heterocycles. The molecule has 0 N–H and O–H groups in total. The van der Waals surface area contributed by atoms with E-state index in [1.54, 1.807) is 0 Å². The van der Waals surface area contributed by atoms with Crippen molar-refractivity contribution in [3.8, 4) is 0 Å². The van der Waals surface area contributed by atoms with Crippen molar-refractivity contribution in [3.05, 3.63) is 29.8 Å². The van der Waals surface area contributed by atoms with Gasteiger partial charge in [0.1, 0.15) is 0 Å². The average molecular weight is 192 g/mol. The second kappa shape index (κ2) is 2.41. The third kappa shape index (κ3) is 1.17. The summed E-state index contributed by atoms with van der Waals surface area (Å²) >= 11 is 2.60. The maximum absolute atomic E-state index is 2.60. The monoisotopic (exact) mass is 193 g/mol. The second-order valence-corrected chi connectivity index (χ2v) is 2.67. The molecule has 0 atom stereocenters. The van der Waals surface area contributed by atoms with E-state index in [2.05, 4.69) is 37.4 Å². The summed E-state index contributed by atoms with van der Waals surface area (Å²) in [6, 6.07) is 8.28. The van der Waals surface area contributed by atoms with Crippen molar-refractivity contribution in [2.45, 2.75) is 6.92 Å². The molecule has 0 aliphatic heterocycles. The van der Waals surface area contributed by atoms with Gasteiger partial charge in [-0.25, -0.2) is 0 Å². The molecule has 8 heavy (non-hydrogen) atoms. The molecule has 1 aromatic carbocycles. The fraction of sp³-hybridized carbons (Fsp3) is 0.143. The Labute approximate surface area is 59.6 Å². The van der Waals surface area contributed by atoms with Gasteiger partial charge in [-0.2, -0.15) is 0 Å². The first-order valence-corrected chi connectivity index (χ1v) is 3.37. The van der Waals surface area contributed by atoms with Gasteiger partial charge in [0, 0.05) is 0 Å². The number of hydrogen-bond donors (Lipinski definition) is 0. The second-order valence-electron chi connectivity index (χ2n) is 1.74. The SMILES string of the molecule is Cc1cccc[c]1[Ru]. The summed E-state index contributed by atoms with van der Waals surface area (Å²) in [5.74, 6) is 0. The van der Waals surface area contributed by atoms with E-state index in [0.717, 1.165) is 0 Å². The molecule has 1 rings (SSSR count). The fourth-order valence-corrected chi connectivity index (χ4v) is 0.859. The van der Waals surface area contributed by atoms with Crippen molar-refractivity contribution < 1.29 is 18.3 Å². The Bertz CT molecular complexity index is 160. The number of benzene rings is 1. The van der Waals surface area contributed by atoms with Crippen LogP contribution in [0.3, 0.4) is 0 Å². The number of aryl methyl sites for hydroxylation is 1. The fourth-order valence-electron chi connectivity index (χ4n) is 0.547. The summed E-state index contributed by atoms with van der Waals surface area (Å²) in [4.78, 5) is 0. The van der Waals surface area contributed by atoms with Gasteiger partial charge in [-0.05, 0) is 0 Å². The van der Waals surface area contributed by atoms with Crippen LogP contribution in [0.25, 0.3) is 0 Å². The van der Waals surface area contributed by atoms with Crippen molar-refractivity contribution in [2.24, 2.45) is 0 Å². The van der Waals surface area contributed by atoms with Gasteiger partial charge in [0.15, 0.2) is 0 Å². The predicted octanol–water partition coefficient (Wildman–Crippen LogP) is 1.17. The van der Waals surface area contributed by atoms with E-state index < -0.39 is 0 Å². The predicted molar refractivity (Wildman–Crippen MR) is 30.8 cm³/mol. The first-order chi connectivity index (χ1) is 3.80. The van der Waals surface area contributed by atoms with Crippen LogP contribution in [0.1, 0.15) is 5.56 Å². The molecule has 0 unspecified atom stereocenters. The molecule has 0 nitrogen and oxygen atoms in total. The third-order valence-corrected chi connectivity index (χ3v) is 2.04. The Balaban J connectivity index is 3.13. The molecule has 1 heteroatoms. The van der Waals surface area contributed by atoms with Gasteiger partial charge < -0.3 is 0 Å². The molecule has 0 radical (unpaired) electrons. The first-order valence-electron chi connectivity index (χ1n) is 2.50. The topological polar surface area (TPSA) is 0 Å². The van der Waals surface area contributed by atoms with Gasteiger partial charge in [0.05, 0.1) is 0 Å². The van der Waals surface area contributed by atoms with Crippen LogP contribution in [-0.2, 0) is 18.3 Å². The van der Waals surface area contributed by atoms with Crippen LogP contribution in [0.4, 0.5) is 0 Å². The molecular weight excluding hydrogens is 185 g/mol. The molecule has 0 saturated carbocycles. The van der Waals surface area contributed by atoms with Crippen LogP contribution in [0.5, 0.6) is 0 Å². The Hall–Kier alpha value is -0.157. The van der Waals surface area contributed by atoms with Crippen LogP contribution in [0.15, 0.2) is 24.3 Å². The van der Waals surface area contributed by atoms with Crippen molar-refractivity contribution in [1.29, 1.82) is 0 Å². The zero-order chi connectivity index (χ0) is 5.98.